The molecule has 0 bridgehead atoms. The van der Waals surface area contributed by atoms with Crippen molar-refractivity contribution in [3.05, 3.63) is 42.2 Å². The first-order valence-corrected chi connectivity index (χ1v) is 10.8. The van der Waals surface area contributed by atoms with E-state index in [9.17, 15) is 4.79 Å². The first kappa shape index (κ1) is 18.3. The molecule has 29 heavy (non-hydrogen) atoms. The molecule has 0 radical (unpaired) electrons. The summed E-state index contributed by atoms with van der Waals surface area (Å²) in [7, 11) is 0. The molecule has 5 rings (SSSR count). The fourth-order valence-corrected chi connectivity index (χ4v) is 5.03. The second-order valence-corrected chi connectivity index (χ2v) is 8.94. The van der Waals surface area contributed by atoms with Crippen molar-refractivity contribution in [3.63, 3.8) is 0 Å². The normalized spacial score (nSPS) is 24.5. The number of carbonyl (C=O) groups is 1. The number of hydrogen-bond acceptors (Lipinski definition) is 4. The van der Waals surface area contributed by atoms with Gasteiger partial charge in [-0.25, -0.2) is 9.97 Å². The molecule has 1 aliphatic carbocycles. The second-order valence-electron chi connectivity index (χ2n) is 8.94. The number of rotatable bonds is 4. The second kappa shape index (κ2) is 6.97. The molecular weight excluding hydrogens is 360 g/mol. The van der Waals surface area contributed by atoms with E-state index in [0.717, 1.165) is 43.6 Å². The van der Waals surface area contributed by atoms with E-state index in [4.69, 9.17) is 4.98 Å². The van der Waals surface area contributed by atoms with Gasteiger partial charge in [0.1, 0.15) is 5.52 Å². The van der Waals surface area contributed by atoms with E-state index in [1.54, 1.807) is 12.4 Å². The highest BCUT2D eigenvalue weighted by atomic mass is 16.1. The van der Waals surface area contributed by atoms with E-state index < -0.39 is 0 Å². The van der Waals surface area contributed by atoms with Gasteiger partial charge in [-0.3, -0.25) is 4.79 Å². The van der Waals surface area contributed by atoms with E-state index in [2.05, 4.69) is 53.0 Å². The molecule has 2 aliphatic rings. The lowest BCUT2D eigenvalue weighted by Crippen LogP contribution is -2.30. The van der Waals surface area contributed by atoms with Crippen molar-refractivity contribution in [3.8, 4) is 11.3 Å². The zero-order valence-corrected chi connectivity index (χ0v) is 17.2. The van der Waals surface area contributed by atoms with Crippen LogP contribution < -0.4 is 4.90 Å². The molecule has 1 saturated heterocycles. The summed E-state index contributed by atoms with van der Waals surface area (Å²) in [5, 5.41) is 0. The summed E-state index contributed by atoms with van der Waals surface area (Å²) in [5.74, 6) is 0.597. The van der Waals surface area contributed by atoms with Crippen LogP contribution in [0.15, 0.2) is 36.7 Å². The summed E-state index contributed by atoms with van der Waals surface area (Å²) in [6.45, 7) is 6.53. The van der Waals surface area contributed by atoms with Crippen molar-refractivity contribution >= 4 is 22.6 Å². The fraction of sp³-hybridized carbons (Fsp3) is 0.458. The molecule has 2 unspecified atom stereocenters. The van der Waals surface area contributed by atoms with E-state index in [-0.39, 0.29) is 11.2 Å². The highest BCUT2D eigenvalue weighted by molar-refractivity contribution is 6.09. The lowest BCUT2D eigenvalue weighted by Gasteiger charge is -2.27. The van der Waals surface area contributed by atoms with Crippen LogP contribution in [0.5, 0.6) is 0 Å². The van der Waals surface area contributed by atoms with Gasteiger partial charge in [0.2, 0.25) is 0 Å². The molecule has 3 aromatic rings. The summed E-state index contributed by atoms with van der Waals surface area (Å²) in [5.41, 5.74) is 4.85. The Hall–Kier alpha value is -2.69. The molecule has 2 aromatic heterocycles. The quantitative estimate of drug-likeness (QED) is 0.621. The third-order valence-electron chi connectivity index (χ3n) is 7.18. The van der Waals surface area contributed by atoms with Gasteiger partial charge in [0.05, 0.1) is 17.5 Å². The smallest absolute Gasteiger partial charge is 0.172 e. The molecule has 0 spiro atoms. The minimum absolute atomic E-state index is 0.200. The maximum absolute atomic E-state index is 13.4. The maximum Gasteiger partial charge on any atom is 0.172 e. The van der Waals surface area contributed by atoms with Crippen LogP contribution in [0.1, 0.15) is 56.3 Å². The Kier molecular flexibility index (Phi) is 4.41. The van der Waals surface area contributed by atoms with E-state index in [0.29, 0.717) is 22.6 Å². The van der Waals surface area contributed by atoms with Gasteiger partial charge in [0.25, 0.3) is 0 Å². The van der Waals surface area contributed by atoms with Gasteiger partial charge in [-0.1, -0.05) is 32.4 Å². The SMILES string of the molecule is CC1CCCC1(C)C(=O)c1c[nH]c2ncc(-c3cccc(N4CCCC4)c3)nc12. The number of aromatic amines is 1. The van der Waals surface area contributed by atoms with Gasteiger partial charge in [-0.2, -0.15) is 0 Å². The van der Waals surface area contributed by atoms with Crippen LogP contribution in [0.3, 0.4) is 0 Å². The molecule has 5 nitrogen and oxygen atoms in total. The topological polar surface area (TPSA) is 61.9 Å². The number of benzene rings is 1. The third-order valence-corrected chi connectivity index (χ3v) is 7.18. The molecule has 150 valence electrons. The minimum Gasteiger partial charge on any atom is -0.372 e. The highest BCUT2D eigenvalue weighted by Gasteiger charge is 2.43. The summed E-state index contributed by atoms with van der Waals surface area (Å²) in [4.78, 5) is 28.5. The lowest BCUT2D eigenvalue weighted by molar-refractivity contribution is 0.0767. The number of aromatic nitrogens is 3. The first-order chi connectivity index (χ1) is 14.1. The van der Waals surface area contributed by atoms with Gasteiger partial charge < -0.3 is 9.88 Å². The number of anilines is 1. The van der Waals surface area contributed by atoms with Crippen LogP contribution in [-0.2, 0) is 0 Å². The molecular formula is C24H28N4O. The monoisotopic (exact) mass is 388 g/mol. The number of nitrogens with one attached hydrogen (secondary N) is 1. The molecule has 1 N–H and O–H groups in total. The average Bonchev–Trinajstić information content (AvgIpc) is 3.48. The molecule has 0 amide bonds. The van der Waals surface area contributed by atoms with Crippen molar-refractivity contribution in [2.45, 2.75) is 46.0 Å². The first-order valence-electron chi connectivity index (χ1n) is 10.8. The largest absolute Gasteiger partial charge is 0.372 e. The van der Waals surface area contributed by atoms with Crippen LogP contribution in [0.4, 0.5) is 5.69 Å². The Balaban J connectivity index is 1.53. The van der Waals surface area contributed by atoms with Crippen LogP contribution >= 0.6 is 0 Å². The summed E-state index contributed by atoms with van der Waals surface area (Å²) in [6.07, 6.45) is 9.29. The molecule has 2 fully saturated rings. The highest BCUT2D eigenvalue weighted by Crippen LogP contribution is 2.45. The Morgan fingerprint density at radius 3 is 2.83 bits per heavy atom. The minimum atomic E-state index is -0.303. The van der Waals surface area contributed by atoms with E-state index in [1.165, 1.54) is 18.5 Å². The van der Waals surface area contributed by atoms with E-state index >= 15 is 0 Å². The maximum atomic E-state index is 13.4. The zero-order chi connectivity index (χ0) is 20.0. The number of Topliss-reactive ketones (excluding diaryl/α,β-unsaturated/α-hetero) is 1. The summed E-state index contributed by atoms with van der Waals surface area (Å²) in [6, 6.07) is 8.51. The molecule has 1 aromatic carbocycles. The zero-order valence-electron chi connectivity index (χ0n) is 17.2. The summed E-state index contributed by atoms with van der Waals surface area (Å²) < 4.78 is 0. The number of hydrogen-bond donors (Lipinski definition) is 1. The molecule has 5 heteroatoms. The van der Waals surface area contributed by atoms with Crippen LogP contribution in [0, 0.1) is 11.3 Å². The Morgan fingerprint density at radius 2 is 2.07 bits per heavy atom. The fourth-order valence-electron chi connectivity index (χ4n) is 5.03. The van der Waals surface area contributed by atoms with Crippen LogP contribution in [-0.4, -0.2) is 33.8 Å². The van der Waals surface area contributed by atoms with Crippen LogP contribution in [0.2, 0.25) is 0 Å². The molecule has 3 heterocycles. The van der Waals surface area contributed by atoms with Gasteiger partial charge in [-0.05, 0) is 43.7 Å². The number of carbonyl (C=O) groups excluding carboxylic acids is 1. The van der Waals surface area contributed by atoms with Gasteiger partial charge in [0.15, 0.2) is 11.4 Å². The average molecular weight is 389 g/mol. The van der Waals surface area contributed by atoms with Crippen molar-refractivity contribution in [1.82, 2.24) is 15.0 Å². The summed E-state index contributed by atoms with van der Waals surface area (Å²) >= 11 is 0. The Bertz CT molecular complexity index is 1070. The number of H-pyrrole nitrogens is 1. The third kappa shape index (κ3) is 3.04. The predicted molar refractivity (Wildman–Crippen MR) is 116 cm³/mol. The number of ketones is 1. The van der Waals surface area contributed by atoms with Gasteiger partial charge in [0, 0.05) is 36.0 Å². The number of nitrogens with zero attached hydrogens (tertiary/aromatic N) is 3. The standard InChI is InChI=1S/C24H28N4O/c1-16-7-6-10-24(16,2)22(29)19-14-25-23-21(19)27-20(15-26-23)17-8-5-9-18(13-17)28-11-3-4-12-28/h5,8-9,13-16H,3-4,6-7,10-12H2,1-2H3,(H,25,26). The van der Waals surface area contributed by atoms with Crippen molar-refractivity contribution in [1.29, 1.82) is 0 Å². The Labute approximate surface area is 171 Å². The van der Waals surface area contributed by atoms with E-state index in [1.807, 2.05) is 0 Å². The van der Waals surface area contributed by atoms with Gasteiger partial charge in [-0.15, -0.1) is 0 Å². The number of fused-ring (bicyclic) bond motifs is 1. The molecule has 2 atom stereocenters. The lowest BCUT2D eigenvalue weighted by atomic mass is 9.75. The Morgan fingerprint density at radius 1 is 1.24 bits per heavy atom. The van der Waals surface area contributed by atoms with Crippen molar-refractivity contribution in [2.75, 3.05) is 18.0 Å². The molecule has 1 aliphatic heterocycles. The van der Waals surface area contributed by atoms with Crippen molar-refractivity contribution in [2.24, 2.45) is 11.3 Å². The van der Waals surface area contributed by atoms with Crippen LogP contribution in [0.25, 0.3) is 22.4 Å². The van der Waals surface area contributed by atoms with Gasteiger partial charge >= 0.3 is 0 Å². The molecule has 1 saturated carbocycles. The van der Waals surface area contributed by atoms with Crippen molar-refractivity contribution < 1.29 is 4.79 Å². The predicted octanol–water partition coefficient (Wildman–Crippen LogP) is 5.23.